The topological polar surface area (TPSA) is 86.7 Å². The SMILES string of the molecule is O=S1(=O)C=C(Cc2ccccc2)C=CO1.O=S1(=O)C=C(Cc2ccccc2)C=CO1. The molecular weight excluding hydrogens is 424 g/mol. The fraction of sp³-hybridized carbons (Fsp3) is 0.0909. The Kier molecular flexibility index (Phi) is 6.91. The van der Waals surface area contributed by atoms with Crippen molar-refractivity contribution in [2.45, 2.75) is 12.8 Å². The standard InChI is InChI=1S/2C11H10O3S/c2*12-15(13)9-11(6-7-14-15)8-10-4-2-1-3-5-10/h2*1-7,9H,8H2. The molecular formula is C22H20O6S2. The second-order valence-corrected chi connectivity index (χ2v) is 9.32. The molecule has 156 valence electrons. The molecule has 0 N–H and O–H groups in total. The zero-order valence-corrected chi connectivity index (χ0v) is 17.6. The lowest BCUT2D eigenvalue weighted by molar-refractivity contribution is 0.448. The first-order valence-corrected chi connectivity index (χ1v) is 11.9. The molecule has 0 fully saturated rings. The quantitative estimate of drug-likeness (QED) is 0.663. The van der Waals surface area contributed by atoms with Crippen LogP contribution >= 0.6 is 0 Å². The van der Waals surface area contributed by atoms with E-state index >= 15 is 0 Å². The molecule has 2 aliphatic rings. The molecule has 0 atom stereocenters. The summed E-state index contributed by atoms with van der Waals surface area (Å²) in [6, 6.07) is 19.4. The van der Waals surface area contributed by atoms with Crippen LogP contribution in [-0.2, 0) is 41.4 Å². The third-order valence-electron chi connectivity index (χ3n) is 4.04. The van der Waals surface area contributed by atoms with Gasteiger partial charge >= 0.3 is 20.2 Å². The van der Waals surface area contributed by atoms with Crippen molar-refractivity contribution in [3.8, 4) is 0 Å². The number of hydrogen-bond donors (Lipinski definition) is 0. The predicted molar refractivity (Wildman–Crippen MR) is 115 cm³/mol. The third kappa shape index (κ3) is 7.06. The van der Waals surface area contributed by atoms with E-state index in [1.165, 1.54) is 12.5 Å². The van der Waals surface area contributed by atoms with Gasteiger partial charge in [-0.1, -0.05) is 60.7 Å². The average Bonchev–Trinajstić information content (AvgIpc) is 2.69. The number of rotatable bonds is 4. The van der Waals surface area contributed by atoms with Crippen LogP contribution in [0.1, 0.15) is 11.1 Å². The summed E-state index contributed by atoms with van der Waals surface area (Å²) in [7, 11) is -7.00. The molecule has 0 spiro atoms. The minimum absolute atomic E-state index is 0.597. The highest BCUT2D eigenvalue weighted by atomic mass is 32.2. The van der Waals surface area contributed by atoms with Gasteiger partial charge in [0.05, 0.1) is 10.8 Å². The van der Waals surface area contributed by atoms with Crippen LogP contribution in [0.4, 0.5) is 0 Å². The monoisotopic (exact) mass is 444 g/mol. The lowest BCUT2D eigenvalue weighted by Crippen LogP contribution is -2.03. The molecule has 2 aromatic rings. The van der Waals surface area contributed by atoms with Crippen LogP contribution in [-0.4, -0.2) is 16.8 Å². The zero-order valence-electron chi connectivity index (χ0n) is 15.9. The molecule has 4 rings (SSSR count). The Morgan fingerprint density at radius 1 is 0.567 bits per heavy atom. The Balaban J connectivity index is 0.000000171. The van der Waals surface area contributed by atoms with Crippen molar-refractivity contribution in [3.63, 3.8) is 0 Å². The Bertz CT molecular complexity index is 1090. The Labute approximate surface area is 176 Å². The van der Waals surface area contributed by atoms with Gasteiger partial charge in [0.15, 0.2) is 0 Å². The smallest absolute Gasteiger partial charge is 0.331 e. The van der Waals surface area contributed by atoms with Gasteiger partial charge in [0, 0.05) is 0 Å². The van der Waals surface area contributed by atoms with Gasteiger partial charge in [-0.2, -0.15) is 16.8 Å². The van der Waals surface area contributed by atoms with Crippen LogP contribution in [0.25, 0.3) is 0 Å². The van der Waals surface area contributed by atoms with Crippen LogP contribution in [0.5, 0.6) is 0 Å². The molecule has 0 unspecified atom stereocenters. The molecule has 8 heteroatoms. The first-order valence-electron chi connectivity index (χ1n) is 9.00. The van der Waals surface area contributed by atoms with Gasteiger partial charge in [-0.3, -0.25) is 0 Å². The van der Waals surface area contributed by atoms with Crippen molar-refractivity contribution in [1.82, 2.24) is 0 Å². The summed E-state index contributed by atoms with van der Waals surface area (Å²) in [5, 5.41) is 2.31. The first kappa shape index (κ1) is 21.6. The van der Waals surface area contributed by atoms with E-state index in [0.717, 1.165) is 33.1 Å². The van der Waals surface area contributed by atoms with E-state index in [1.54, 1.807) is 12.2 Å². The van der Waals surface area contributed by atoms with Crippen molar-refractivity contribution in [2.75, 3.05) is 0 Å². The van der Waals surface area contributed by atoms with Crippen LogP contribution in [0.2, 0.25) is 0 Å². The highest BCUT2D eigenvalue weighted by molar-refractivity contribution is 7.90. The van der Waals surface area contributed by atoms with Crippen LogP contribution in [0, 0.1) is 0 Å². The molecule has 0 aliphatic carbocycles. The van der Waals surface area contributed by atoms with Crippen LogP contribution in [0.15, 0.2) is 107 Å². The second kappa shape index (κ2) is 9.60. The molecule has 0 bridgehead atoms. The van der Waals surface area contributed by atoms with E-state index in [4.69, 9.17) is 0 Å². The average molecular weight is 445 g/mol. The zero-order chi connectivity index (χ0) is 21.5. The normalized spacial score (nSPS) is 18.0. The minimum Gasteiger partial charge on any atom is -0.387 e. The Morgan fingerprint density at radius 3 is 1.27 bits per heavy atom. The van der Waals surface area contributed by atoms with E-state index in [9.17, 15) is 16.8 Å². The maximum absolute atomic E-state index is 11.1. The first-order chi connectivity index (χ1) is 14.3. The molecule has 0 amide bonds. The summed E-state index contributed by atoms with van der Waals surface area (Å²) < 4.78 is 53.3. The van der Waals surface area contributed by atoms with Crippen LogP contribution < -0.4 is 0 Å². The molecule has 0 saturated carbocycles. The summed E-state index contributed by atoms with van der Waals surface area (Å²) in [6.07, 6.45) is 6.92. The number of hydrogen-bond acceptors (Lipinski definition) is 6. The van der Waals surface area contributed by atoms with E-state index in [1.807, 2.05) is 60.7 Å². The molecule has 2 aromatic carbocycles. The van der Waals surface area contributed by atoms with Crippen LogP contribution in [0.3, 0.4) is 0 Å². The van der Waals surface area contributed by atoms with Gasteiger partial charge in [0.25, 0.3) is 0 Å². The summed E-state index contributed by atoms with van der Waals surface area (Å²) in [5.41, 5.74) is 3.61. The third-order valence-corrected chi connectivity index (χ3v) is 5.98. The molecule has 6 nitrogen and oxygen atoms in total. The summed E-state index contributed by atoms with van der Waals surface area (Å²) in [4.78, 5) is 0. The van der Waals surface area contributed by atoms with Crippen molar-refractivity contribution in [3.05, 3.63) is 118 Å². The van der Waals surface area contributed by atoms with Crippen molar-refractivity contribution >= 4 is 20.2 Å². The highest BCUT2D eigenvalue weighted by Crippen LogP contribution is 2.17. The molecule has 0 radical (unpaired) electrons. The van der Waals surface area contributed by atoms with Gasteiger partial charge in [-0.05, 0) is 47.3 Å². The van der Waals surface area contributed by atoms with Gasteiger partial charge in [0.2, 0.25) is 0 Å². The minimum atomic E-state index is -3.50. The lowest BCUT2D eigenvalue weighted by atomic mass is 10.1. The second-order valence-electron chi connectivity index (χ2n) is 6.49. The Morgan fingerprint density at radius 2 is 0.933 bits per heavy atom. The van der Waals surface area contributed by atoms with Gasteiger partial charge in [0.1, 0.15) is 12.5 Å². The number of allylic oxidation sites excluding steroid dienone is 4. The largest absolute Gasteiger partial charge is 0.387 e. The molecule has 2 aliphatic heterocycles. The summed E-state index contributed by atoms with van der Waals surface area (Å²) in [6.45, 7) is 0. The van der Waals surface area contributed by atoms with E-state index < -0.39 is 20.2 Å². The van der Waals surface area contributed by atoms with Crippen molar-refractivity contribution < 1.29 is 25.2 Å². The Hall–Kier alpha value is -3.10. The van der Waals surface area contributed by atoms with Gasteiger partial charge in [-0.25, -0.2) is 0 Å². The van der Waals surface area contributed by atoms with E-state index in [2.05, 4.69) is 8.37 Å². The van der Waals surface area contributed by atoms with E-state index in [0.29, 0.717) is 12.8 Å². The van der Waals surface area contributed by atoms with Gasteiger partial charge < -0.3 is 8.37 Å². The molecule has 30 heavy (non-hydrogen) atoms. The van der Waals surface area contributed by atoms with E-state index in [-0.39, 0.29) is 0 Å². The maximum Gasteiger partial charge on any atom is 0.331 e. The summed E-state index contributed by atoms with van der Waals surface area (Å²) in [5.74, 6) is 0. The fourth-order valence-corrected chi connectivity index (χ4v) is 4.35. The summed E-state index contributed by atoms with van der Waals surface area (Å²) >= 11 is 0. The lowest BCUT2D eigenvalue weighted by Gasteiger charge is -2.07. The van der Waals surface area contributed by atoms with Gasteiger partial charge in [-0.15, -0.1) is 0 Å². The fourth-order valence-electron chi connectivity index (χ4n) is 2.75. The number of benzene rings is 2. The molecule has 0 aromatic heterocycles. The highest BCUT2D eigenvalue weighted by Gasteiger charge is 2.12. The molecule has 2 heterocycles. The molecule has 0 saturated heterocycles. The van der Waals surface area contributed by atoms with Crippen molar-refractivity contribution in [1.29, 1.82) is 0 Å². The maximum atomic E-state index is 11.1. The van der Waals surface area contributed by atoms with Crippen molar-refractivity contribution in [2.24, 2.45) is 0 Å². The predicted octanol–water partition coefficient (Wildman–Crippen LogP) is 3.97.